The molecule has 1 saturated heterocycles. The van der Waals surface area contributed by atoms with Crippen molar-refractivity contribution in [1.29, 1.82) is 0 Å². The second-order valence-corrected chi connectivity index (χ2v) is 9.12. The van der Waals surface area contributed by atoms with E-state index in [9.17, 15) is 14.3 Å². The Hall–Kier alpha value is -1.66. The molecule has 2 atom stereocenters. The number of hydrogen-bond acceptors (Lipinski definition) is 4. The minimum absolute atomic E-state index is 0.205. The highest BCUT2D eigenvalue weighted by Crippen LogP contribution is 2.27. The van der Waals surface area contributed by atoms with Crippen LogP contribution in [0, 0.1) is 11.7 Å². The van der Waals surface area contributed by atoms with Gasteiger partial charge in [-0.05, 0) is 71.1 Å². The summed E-state index contributed by atoms with van der Waals surface area (Å²) in [6.07, 6.45) is 0.804. The Labute approximate surface area is 161 Å². The predicted molar refractivity (Wildman–Crippen MR) is 104 cm³/mol. The van der Waals surface area contributed by atoms with Gasteiger partial charge in [0.1, 0.15) is 11.4 Å². The maximum Gasteiger partial charge on any atom is 0.410 e. The Morgan fingerprint density at radius 2 is 2.07 bits per heavy atom. The first-order valence-corrected chi connectivity index (χ1v) is 9.62. The lowest BCUT2D eigenvalue weighted by atomic mass is 9.89. The lowest BCUT2D eigenvalue weighted by molar-refractivity contribution is 0.0285. The monoisotopic (exact) mass is 380 g/mol. The first kappa shape index (κ1) is 21.6. The average Bonchev–Trinajstić information content (AvgIpc) is 2.99. The number of benzene rings is 1. The minimum atomic E-state index is -0.762. The van der Waals surface area contributed by atoms with Crippen LogP contribution in [0.1, 0.15) is 59.1 Å². The SMILES string of the molecule is CC(C)(C[C@@H]1CCN(C(=O)OC(C)(C)C)C1)NC[C@H](O)c1cccc(F)c1. The van der Waals surface area contributed by atoms with Gasteiger partial charge < -0.3 is 20.1 Å². The summed E-state index contributed by atoms with van der Waals surface area (Å²) < 4.78 is 18.7. The van der Waals surface area contributed by atoms with Crippen LogP contribution in [0.25, 0.3) is 0 Å². The summed E-state index contributed by atoms with van der Waals surface area (Å²) in [5, 5.41) is 13.7. The molecule has 6 heteroatoms. The zero-order chi connectivity index (χ0) is 20.2. The predicted octanol–water partition coefficient (Wildman–Crippen LogP) is 3.87. The van der Waals surface area contributed by atoms with Crippen molar-refractivity contribution in [2.45, 2.75) is 64.7 Å². The summed E-state index contributed by atoms with van der Waals surface area (Å²) in [4.78, 5) is 14.0. The smallest absolute Gasteiger partial charge is 0.410 e. The molecule has 1 aromatic rings. The highest BCUT2D eigenvalue weighted by molar-refractivity contribution is 5.68. The minimum Gasteiger partial charge on any atom is -0.444 e. The van der Waals surface area contributed by atoms with Crippen LogP contribution in [-0.2, 0) is 4.74 Å². The molecule has 1 fully saturated rings. The molecule has 1 aromatic carbocycles. The van der Waals surface area contributed by atoms with E-state index in [1.807, 2.05) is 20.8 Å². The number of rotatable bonds is 6. The summed E-state index contributed by atoms with van der Waals surface area (Å²) in [5.41, 5.74) is -0.123. The van der Waals surface area contributed by atoms with E-state index in [4.69, 9.17) is 4.74 Å². The second kappa shape index (κ2) is 8.57. The van der Waals surface area contributed by atoms with Crippen LogP contribution in [0.2, 0.25) is 0 Å². The number of ether oxygens (including phenoxy) is 1. The summed E-state index contributed by atoms with van der Waals surface area (Å²) in [5.74, 6) is 0.0327. The van der Waals surface area contributed by atoms with Gasteiger partial charge in [0.2, 0.25) is 0 Å². The number of halogens is 1. The Balaban J connectivity index is 1.81. The normalized spacial score (nSPS) is 19.2. The molecule has 0 aromatic heterocycles. The number of aliphatic hydroxyl groups excluding tert-OH is 1. The fourth-order valence-corrected chi connectivity index (χ4v) is 3.49. The van der Waals surface area contributed by atoms with Crippen LogP contribution in [0.15, 0.2) is 24.3 Å². The third-order valence-electron chi connectivity index (χ3n) is 4.74. The van der Waals surface area contributed by atoms with E-state index >= 15 is 0 Å². The van der Waals surface area contributed by atoms with Gasteiger partial charge in [-0.1, -0.05) is 12.1 Å². The van der Waals surface area contributed by atoms with Crippen LogP contribution >= 0.6 is 0 Å². The van der Waals surface area contributed by atoms with Crippen molar-refractivity contribution in [2.24, 2.45) is 5.92 Å². The quantitative estimate of drug-likeness (QED) is 0.786. The van der Waals surface area contributed by atoms with Crippen LogP contribution < -0.4 is 5.32 Å². The number of nitrogens with zero attached hydrogens (tertiary/aromatic N) is 1. The van der Waals surface area contributed by atoms with Crippen molar-refractivity contribution in [3.63, 3.8) is 0 Å². The standard InChI is InChI=1S/C21H33FN2O3/c1-20(2,3)27-19(26)24-10-9-15(14-24)12-21(4,5)23-13-18(25)16-7-6-8-17(22)11-16/h6-8,11,15,18,23,25H,9-10,12-14H2,1-5H3/t15-,18-/m0/s1. The Kier molecular flexibility index (Phi) is 6.87. The van der Waals surface area contributed by atoms with E-state index < -0.39 is 11.7 Å². The molecular formula is C21H33FN2O3. The molecule has 0 bridgehead atoms. The molecule has 1 aliphatic rings. The molecular weight excluding hydrogens is 347 g/mol. The van der Waals surface area contributed by atoms with E-state index in [-0.39, 0.29) is 17.4 Å². The topological polar surface area (TPSA) is 61.8 Å². The number of likely N-dealkylation sites (tertiary alicyclic amines) is 1. The van der Waals surface area contributed by atoms with Gasteiger partial charge in [0.25, 0.3) is 0 Å². The molecule has 152 valence electrons. The van der Waals surface area contributed by atoms with Crippen LogP contribution in [0.4, 0.5) is 9.18 Å². The molecule has 5 nitrogen and oxygen atoms in total. The number of carbonyl (C=O) groups excluding carboxylic acids is 1. The van der Waals surface area contributed by atoms with Crippen molar-refractivity contribution in [2.75, 3.05) is 19.6 Å². The molecule has 2 N–H and O–H groups in total. The lowest BCUT2D eigenvalue weighted by Gasteiger charge is -2.31. The van der Waals surface area contributed by atoms with Crippen LogP contribution in [0.5, 0.6) is 0 Å². The van der Waals surface area contributed by atoms with Gasteiger partial charge in [-0.15, -0.1) is 0 Å². The van der Waals surface area contributed by atoms with Gasteiger partial charge in [0.15, 0.2) is 0 Å². The van der Waals surface area contributed by atoms with Gasteiger partial charge in [0, 0.05) is 25.2 Å². The maximum atomic E-state index is 13.3. The Bertz CT molecular complexity index is 643. The van der Waals surface area contributed by atoms with Gasteiger partial charge >= 0.3 is 6.09 Å². The molecule has 0 spiro atoms. The van der Waals surface area contributed by atoms with Crippen molar-refractivity contribution < 1.29 is 19.0 Å². The fourth-order valence-electron chi connectivity index (χ4n) is 3.49. The molecule has 0 saturated carbocycles. The van der Waals surface area contributed by atoms with E-state index in [1.54, 1.807) is 17.0 Å². The van der Waals surface area contributed by atoms with Crippen molar-refractivity contribution in [3.8, 4) is 0 Å². The number of nitrogens with one attached hydrogen (secondary N) is 1. The number of carbonyl (C=O) groups is 1. The molecule has 0 radical (unpaired) electrons. The Morgan fingerprint density at radius 1 is 1.37 bits per heavy atom. The van der Waals surface area contributed by atoms with Crippen molar-refractivity contribution in [3.05, 3.63) is 35.6 Å². The van der Waals surface area contributed by atoms with Crippen LogP contribution in [-0.4, -0.2) is 46.9 Å². The molecule has 2 rings (SSSR count). The maximum absolute atomic E-state index is 13.3. The van der Waals surface area contributed by atoms with E-state index in [2.05, 4.69) is 19.2 Å². The number of amides is 1. The highest BCUT2D eigenvalue weighted by atomic mass is 19.1. The zero-order valence-electron chi connectivity index (χ0n) is 17.1. The van der Waals surface area contributed by atoms with Gasteiger partial charge in [-0.25, -0.2) is 9.18 Å². The lowest BCUT2D eigenvalue weighted by Crippen LogP contribution is -2.43. The average molecular weight is 381 g/mol. The fraction of sp³-hybridized carbons (Fsp3) is 0.667. The first-order chi connectivity index (χ1) is 12.5. The largest absolute Gasteiger partial charge is 0.444 e. The van der Waals surface area contributed by atoms with Gasteiger partial charge in [0.05, 0.1) is 6.10 Å². The van der Waals surface area contributed by atoms with Crippen molar-refractivity contribution >= 4 is 6.09 Å². The second-order valence-electron chi connectivity index (χ2n) is 9.12. The molecule has 1 heterocycles. The number of hydrogen-bond donors (Lipinski definition) is 2. The van der Waals surface area contributed by atoms with E-state index in [0.717, 1.165) is 12.8 Å². The first-order valence-electron chi connectivity index (χ1n) is 9.62. The van der Waals surface area contributed by atoms with E-state index in [0.29, 0.717) is 31.1 Å². The molecule has 1 aliphatic heterocycles. The third kappa shape index (κ3) is 7.11. The molecule has 0 aliphatic carbocycles. The number of β-amino-alcohol motifs (C(OH)–C–C–N with tert-alkyl or cyclic N) is 1. The summed E-state index contributed by atoms with van der Waals surface area (Å²) >= 11 is 0. The number of aliphatic hydroxyl groups is 1. The summed E-state index contributed by atoms with van der Waals surface area (Å²) in [7, 11) is 0. The van der Waals surface area contributed by atoms with Gasteiger partial charge in [-0.3, -0.25) is 0 Å². The summed E-state index contributed by atoms with van der Waals surface area (Å²) in [6, 6.07) is 6.04. The summed E-state index contributed by atoms with van der Waals surface area (Å²) in [6.45, 7) is 11.5. The molecule has 1 amide bonds. The van der Waals surface area contributed by atoms with Crippen molar-refractivity contribution in [1.82, 2.24) is 10.2 Å². The Morgan fingerprint density at radius 3 is 2.70 bits per heavy atom. The van der Waals surface area contributed by atoms with E-state index in [1.165, 1.54) is 12.1 Å². The molecule has 27 heavy (non-hydrogen) atoms. The highest BCUT2D eigenvalue weighted by Gasteiger charge is 2.33. The van der Waals surface area contributed by atoms with Crippen LogP contribution in [0.3, 0.4) is 0 Å². The van der Waals surface area contributed by atoms with Gasteiger partial charge in [-0.2, -0.15) is 0 Å². The third-order valence-corrected chi connectivity index (χ3v) is 4.74. The zero-order valence-corrected chi connectivity index (χ0v) is 17.1. The molecule has 0 unspecified atom stereocenters.